The van der Waals surface area contributed by atoms with Crippen molar-refractivity contribution < 1.29 is 18.7 Å². The number of rotatable bonds is 4. The fourth-order valence-electron chi connectivity index (χ4n) is 3.55. The highest BCUT2D eigenvalue weighted by molar-refractivity contribution is 5.94. The Morgan fingerprint density at radius 3 is 2.88 bits per heavy atom. The molecule has 6 nitrogen and oxygen atoms in total. The van der Waals surface area contributed by atoms with Crippen molar-refractivity contribution in [2.45, 2.75) is 13.5 Å². The summed E-state index contributed by atoms with van der Waals surface area (Å²) >= 11 is 0. The van der Waals surface area contributed by atoms with Crippen molar-refractivity contribution in [2.24, 2.45) is 11.8 Å². The zero-order valence-electron chi connectivity index (χ0n) is 14.0. The van der Waals surface area contributed by atoms with Crippen LogP contribution in [0.15, 0.2) is 40.8 Å². The molecule has 25 heavy (non-hydrogen) atoms. The number of likely N-dealkylation sites (tertiary alicyclic amines) is 1. The second-order valence-electron chi connectivity index (χ2n) is 6.65. The van der Waals surface area contributed by atoms with Gasteiger partial charge in [0.05, 0.1) is 5.92 Å². The van der Waals surface area contributed by atoms with Gasteiger partial charge in [0.2, 0.25) is 5.91 Å². The number of carbonyl (C=O) groups is 2. The van der Waals surface area contributed by atoms with Gasteiger partial charge in [0.15, 0.2) is 5.76 Å². The number of para-hydroxylation sites is 1. The zero-order chi connectivity index (χ0) is 17.4. The van der Waals surface area contributed by atoms with E-state index in [1.54, 1.807) is 4.90 Å². The lowest BCUT2D eigenvalue weighted by atomic mass is 10.0. The average Bonchev–Trinajstić information content (AvgIpc) is 3.30. The van der Waals surface area contributed by atoms with Crippen LogP contribution in [0, 0.1) is 18.8 Å². The van der Waals surface area contributed by atoms with Gasteiger partial charge in [-0.2, -0.15) is 0 Å². The van der Waals surface area contributed by atoms with E-state index in [0.717, 1.165) is 11.3 Å². The molecule has 2 aromatic rings. The summed E-state index contributed by atoms with van der Waals surface area (Å²) in [7, 11) is 0. The van der Waals surface area contributed by atoms with E-state index in [9.17, 15) is 9.59 Å². The van der Waals surface area contributed by atoms with Gasteiger partial charge in [0, 0.05) is 31.1 Å². The lowest BCUT2D eigenvalue weighted by Crippen LogP contribution is -2.33. The van der Waals surface area contributed by atoms with Crippen molar-refractivity contribution in [3.63, 3.8) is 0 Å². The van der Waals surface area contributed by atoms with Crippen LogP contribution in [0.4, 0.5) is 0 Å². The van der Waals surface area contributed by atoms with Crippen molar-refractivity contribution in [1.29, 1.82) is 0 Å². The second kappa shape index (κ2) is 6.27. The van der Waals surface area contributed by atoms with E-state index in [4.69, 9.17) is 9.15 Å². The normalized spacial score (nSPS) is 22.0. The van der Waals surface area contributed by atoms with Gasteiger partial charge < -0.3 is 19.4 Å². The van der Waals surface area contributed by atoms with Gasteiger partial charge in [-0.05, 0) is 25.1 Å². The highest BCUT2D eigenvalue weighted by atomic mass is 16.5. The van der Waals surface area contributed by atoms with Crippen LogP contribution in [-0.2, 0) is 11.4 Å². The van der Waals surface area contributed by atoms with Gasteiger partial charge in [-0.15, -0.1) is 0 Å². The van der Waals surface area contributed by atoms with Gasteiger partial charge >= 0.3 is 0 Å². The molecule has 0 saturated carbocycles. The maximum Gasteiger partial charge on any atom is 0.289 e. The van der Waals surface area contributed by atoms with Crippen LogP contribution in [0.1, 0.15) is 21.9 Å². The Labute approximate surface area is 145 Å². The van der Waals surface area contributed by atoms with Gasteiger partial charge in [-0.1, -0.05) is 18.2 Å². The van der Waals surface area contributed by atoms with E-state index in [2.05, 4.69) is 5.32 Å². The molecule has 4 rings (SSSR count). The Morgan fingerprint density at radius 2 is 2.12 bits per heavy atom. The smallest absolute Gasteiger partial charge is 0.289 e. The summed E-state index contributed by atoms with van der Waals surface area (Å²) in [4.78, 5) is 26.2. The molecule has 2 aliphatic rings. The fourth-order valence-corrected chi connectivity index (χ4v) is 3.55. The number of nitrogens with zero attached hydrogens (tertiary/aromatic N) is 1. The Morgan fingerprint density at radius 1 is 1.32 bits per heavy atom. The van der Waals surface area contributed by atoms with Crippen LogP contribution in [0.2, 0.25) is 0 Å². The number of aryl methyl sites for hydroxylation is 1. The molecular formula is C19H20N2O4. The number of amides is 2. The van der Waals surface area contributed by atoms with E-state index in [1.165, 1.54) is 0 Å². The maximum absolute atomic E-state index is 12.8. The summed E-state index contributed by atoms with van der Waals surface area (Å²) < 4.78 is 11.4. The van der Waals surface area contributed by atoms with Gasteiger partial charge in [0.25, 0.3) is 5.91 Å². The topological polar surface area (TPSA) is 71.8 Å². The molecular weight excluding hydrogens is 320 g/mol. The molecule has 1 N–H and O–H groups in total. The molecule has 1 aromatic carbocycles. The van der Waals surface area contributed by atoms with Crippen molar-refractivity contribution in [1.82, 2.24) is 10.2 Å². The predicted octanol–water partition coefficient (Wildman–Crippen LogP) is 1.99. The summed E-state index contributed by atoms with van der Waals surface area (Å²) in [5.74, 6) is 1.74. The SMILES string of the molecule is Cc1cc(COc2ccccc2)oc1C(=O)N1C[C@@H]2CNC(=O)[C@@H]2C1. The molecule has 0 aliphatic carbocycles. The van der Waals surface area contributed by atoms with Crippen LogP contribution >= 0.6 is 0 Å². The summed E-state index contributed by atoms with van der Waals surface area (Å²) in [5, 5.41) is 2.85. The molecule has 6 heteroatoms. The Balaban J connectivity index is 1.43. The van der Waals surface area contributed by atoms with Gasteiger partial charge in [0.1, 0.15) is 18.1 Å². The standard InChI is InChI=1S/C19H20N2O4/c1-12-7-15(11-24-14-5-3-2-4-6-14)25-17(12)19(23)21-9-13-8-20-18(22)16(13)10-21/h2-7,13,16H,8-11H2,1H3,(H,20,22)/t13-,16+/m0/s1. The Hall–Kier alpha value is -2.76. The second-order valence-corrected chi connectivity index (χ2v) is 6.65. The third-order valence-corrected chi connectivity index (χ3v) is 4.89. The summed E-state index contributed by atoms with van der Waals surface area (Å²) in [6.07, 6.45) is 0. The molecule has 3 heterocycles. The first kappa shape index (κ1) is 15.7. The minimum absolute atomic E-state index is 0.0495. The Kier molecular flexibility index (Phi) is 3.95. The number of furan rings is 1. The average molecular weight is 340 g/mol. The highest BCUT2D eigenvalue weighted by Crippen LogP contribution is 2.29. The number of benzene rings is 1. The number of hydrogen-bond acceptors (Lipinski definition) is 4. The monoisotopic (exact) mass is 340 g/mol. The molecule has 2 aliphatic heterocycles. The number of ether oxygens (including phenoxy) is 1. The highest BCUT2D eigenvalue weighted by Gasteiger charge is 2.44. The van der Waals surface area contributed by atoms with Gasteiger partial charge in [-0.3, -0.25) is 9.59 Å². The molecule has 2 atom stereocenters. The summed E-state index contributed by atoms with van der Waals surface area (Å²) in [6.45, 7) is 3.84. The van der Waals surface area contributed by atoms with E-state index in [0.29, 0.717) is 31.2 Å². The molecule has 130 valence electrons. The minimum Gasteiger partial charge on any atom is -0.486 e. The molecule has 0 unspecified atom stereocenters. The zero-order valence-corrected chi connectivity index (χ0v) is 14.0. The molecule has 0 bridgehead atoms. The fraction of sp³-hybridized carbons (Fsp3) is 0.368. The quantitative estimate of drug-likeness (QED) is 0.924. The van der Waals surface area contributed by atoms with Crippen LogP contribution in [-0.4, -0.2) is 36.3 Å². The minimum atomic E-state index is -0.148. The predicted molar refractivity (Wildman–Crippen MR) is 90.1 cm³/mol. The lowest BCUT2D eigenvalue weighted by Gasteiger charge is -2.16. The molecule has 0 spiro atoms. The summed E-state index contributed by atoms with van der Waals surface area (Å²) in [5.41, 5.74) is 0.790. The number of hydrogen-bond donors (Lipinski definition) is 1. The molecule has 2 amide bonds. The van der Waals surface area contributed by atoms with Crippen molar-refractivity contribution in [2.75, 3.05) is 19.6 Å². The molecule has 2 saturated heterocycles. The van der Waals surface area contributed by atoms with E-state index >= 15 is 0 Å². The molecule has 0 radical (unpaired) electrons. The largest absolute Gasteiger partial charge is 0.486 e. The maximum atomic E-state index is 12.8. The third-order valence-electron chi connectivity index (χ3n) is 4.89. The van der Waals surface area contributed by atoms with Crippen molar-refractivity contribution >= 4 is 11.8 Å². The van der Waals surface area contributed by atoms with E-state index < -0.39 is 0 Å². The van der Waals surface area contributed by atoms with Crippen LogP contribution in [0.25, 0.3) is 0 Å². The van der Waals surface area contributed by atoms with Crippen LogP contribution in [0.5, 0.6) is 5.75 Å². The number of carbonyl (C=O) groups excluding carboxylic acids is 2. The first-order chi connectivity index (χ1) is 12.1. The van der Waals surface area contributed by atoms with Crippen LogP contribution < -0.4 is 10.1 Å². The first-order valence-corrected chi connectivity index (χ1v) is 8.46. The number of nitrogens with one attached hydrogen (secondary N) is 1. The lowest BCUT2D eigenvalue weighted by molar-refractivity contribution is -0.122. The van der Waals surface area contributed by atoms with Crippen molar-refractivity contribution in [3.8, 4) is 5.75 Å². The summed E-state index contributed by atoms with van der Waals surface area (Å²) in [6, 6.07) is 11.3. The Bertz CT molecular complexity index is 799. The van der Waals surface area contributed by atoms with Crippen molar-refractivity contribution in [3.05, 3.63) is 53.5 Å². The molecule has 2 fully saturated rings. The van der Waals surface area contributed by atoms with Crippen LogP contribution in [0.3, 0.4) is 0 Å². The third kappa shape index (κ3) is 2.99. The molecule has 1 aromatic heterocycles. The van der Waals surface area contributed by atoms with E-state index in [1.807, 2.05) is 43.3 Å². The van der Waals surface area contributed by atoms with Gasteiger partial charge in [-0.25, -0.2) is 0 Å². The number of fused-ring (bicyclic) bond motifs is 1. The first-order valence-electron chi connectivity index (χ1n) is 8.46. The van der Waals surface area contributed by atoms with E-state index in [-0.39, 0.29) is 30.3 Å².